The summed E-state index contributed by atoms with van der Waals surface area (Å²) in [6.45, 7) is 2.32. The third-order valence-electron chi connectivity index (χ3n) is 5.20. The highest BCUT2D eigenvalue weighted by Gasteiger charge is 2.31. The van der Waals surface area contributed by atoms with E-state index in [-0.39, 0.29) is 23.4 Å². The van der Waals surface area contributed by atoms with Crippen LogP contribution in [0.25, 0.3) is 16.2 Å². The Labute approximate surface area is 172 Å². The summed E-state index contributed by atoms with van der Waals surface area (Å²) < 4.78 is 40.6. The molecule has 1 amide bonds. The SMILES string of the molecule is CCS(=O)(=O)N1CCC(C(=O)Nc2c(-c3ccc(F)cc3)nc3sccn23)CC1. The molecule has 3 aromatic rings. The number of anilines is 1. The lowest BCUT2D eigenvalue weighted by Gasteiger charge is -2.30. The summed E-state index contributed by atoms with van der Waals surface area (Å²) in [5.74, 6) is -0.161. The molecule has 10 heteroatoms. The first-order valence-electron chi connectivity index (χ1n) is 9.39. The summed E-state index contributed by atoms with van der Waals surface area (Å²) in [6, 6.07) is 5.98. The second-order valence-corrected chi connectivity index (χ2v) is 10.1. The molecule has 1 N–H and O–H groups in total. The van der Waals surface area contributed by atoms with Crippen LogP contribution in [0.2, 0.25) is 0 Å². The van der Waals surface area contributed by atoms with E-state index < -0.39 is 10.0 Å². The fourth-order valence-electron chi connectivity index (χ4n) is 3.51. The second-order valence-electron chi connectivity index (χ2n) is 6.93. The maximum Gasteiger partial charge on any atom is 0.228 e. The topological polar surface area (TPSA) is 83.8 Å². The predicted octanol–water partition coefficient (Wildman–Crippen LogP) is 3.20. The Morgan fingerprint density at radius 2 is 1.97 bits per heavy atom. The first-order chi connectivity index (χ1) is 13.9. The van der Waals surface area contributed by atoms with Gasteiger partial charge in [0, 0.05) is 36.1 Å². The van der Waals surface area contributed by atoms with Gasteiger partial charge in [0.25, 0.3) is 0 Å². The van der Waals surface area contributed by atoms with Gasteiger partial charge >= 0.3 is 0 Å². The van der Waals surface area contributed by atoms with Gasteiger partial charge in [-0.1, -0.05) is 0 Å². The molecule has 7 nitrogen and oxygen atoms in total. The van der Waals surface area contributed by atoms with Gasteiger partial charge in [-0.2, -0.15) is 0 Å². The fraction of sp³-hybridized carbons (Fsp3) is 0.368. The smallest absolute Gasteiger partial charge is 0.228 e. The Kier molecular flexibility index (Phi) is 5.41. The van der Waals surface area contributed by atoms with E-state index >= 15 is 0 Å². The highest BCUT2D eigenvalue weighted by Crippen LogP contribution is 2.32. The number of amides is 1. The minimum Gasteiger partial charge on any atom is -0.310 e. The van der Waals surface area contributed by atoms with Gasteiger partial charge in [-0.05, 0) is 44.0 Å². The van der Waals surface area contributed by atoms with Crippen LogP contribution in [0, 0.1) is 11.7 Å². The molecule has 29 heavy (non-hydrogen) atoms. The van der Waals surface area contributed by atoms with Crippen molar-refractivity contribution in [2.75, 3.05) is 24.2 Å². The van der Waals surface area contributed by atoms with E-state index in [4.69, 9.17) is 0 Å². The first kappa shape index (κ1) is 20.0. The molecule has 0 radical (unpaired) electrons. The lowest BCUT2D eigenvalue weighted by Crippen LogP contribution is -2.42. The molecule has 0 unspecified atom stereocenters. The van der Waals surface area contributed by atoms with E-state index in [1.165, 1.54) is 27.8 Å². The Hall–Kier alpha value is -2.30. The molecule has 2 aromatic heterocycles. The van der Waals surface area contributed by atoms with Crippen molar-refractivity contribution in [1.29, 1.82) is 0 Å². The van der Waals surface area contributed by atoms with Crippen molar-refractivity contribution in [3.8, 4) is 11.3 Å². The number of nitrogens with zero attached hydrogens (tertiary/aromatic N) is 3. The Morgan fingerprint density at radius 3 is 2.62 bits per heavy atom. The summed E-state index contributed by atoms with van der Waals surface area (Å²) in [6.07, 6.45) is 2.77. The van der Waals surface area contributed by atoms with E-state index in [2.05, 4.69) is 10.3 Å². The molecule has 1 aliphatic heterocycles. The summed E-state index contributed by atoms with van der Waals surface area (Å²) in [5.41, 5.74) is 1.29. The second kappa shape index (κ2) is 7.85. The largest absolute Gasteiger partial charge is 0.310 e. The van der Waals surface area contributed by atoms with Crippen molar-refractivity contribution in [3.05, 3.63) is 41.7 Å². The van der Waals surface area contributed by atoms with Crippen LogP contribution in [-0.4, -0.2) is 46.9 Å². The molecule has 0 saturated carbocycles. The van der Waals surface area contributed by atoms with Crippen molar-refractivity contribution in [3.63, 3.8) is 0 Å². The predicted molar refractivity (Wildman–Crippen MR) is 111 cm³/mol. The molecule has 154 valence electrons. The molecule has 3 heterocycles. The minimum absolute atomic E-state index is 0.0663. The van der Waals surface area contributed by atoms with Gasteiger partial charge in [0.05, 0.1) is 5.75 Å². The van der Waals surface area contributed by atoms with Crippen LogP contribution in [0.15, 0.2) is 35.8 Å². The van der Waals surface area contributed by atoms with Gasteiger partial charge in [0.15, 0.2) is 4.96 Å². The number of rotatable bonds is 5. The molecular weight excluding hydrogens is 415 g/mol. The zero-order chi connectivity index (χ0) is 20.6. The molecule has 0 atom stereocenters. The van der Waals surface area contributed by atoms with E-state index in [0.29, 0.717) is 43.0 Å². The van der Waals surface area contributed by atoms with Crippen LogP contribution in [-0.2, 0) is 14.8 Å². The van der Waals surface area contributed by atoms with Crippen molar-refractivity contribution in [2.45, 2.75) is 19.8 Å². The van der Waals surface area contributed by atoms with Crippen LogP contribution in [0.3, 0.4) is 0 Å². The van der Waals surface area contributed by atoms with Gasteiger partial charge in [-0.25, -0.2) is 22.1 Å². The number of carbonyl (C=O) groups is 1. The molecule has 1 aliphatic rings. The minimum atomic E-state index is -3.23. The molecule has 0 spiro atoms. The molecule has 0 bridgehead atoms. The molecule has 1 saturated heterocycles. The maximum atomic E-state index is 13.3. The third-order valence-corrected chi connectivity index (χ3v) is 7.84. The summed E-state index contributed by atoms with van der Waals surface area (Å²) in [4.78, 5) is 18.2. The van der Waals surface area contributed by atoms with Gasteiger partial charge in [0.2, 0.25) is 15.9 Å². The number of benzene rings is 1. The number of aromatic nitrogens is 2. The third kappa shape index (κ3) is 3.92. The van der Waals surface area contributed by atoms with Gasteiger partial charge < -0.3 is 5.32 Å². The van der Waals surface area contributed by atoms with E-state index in [0.717, 1.165) is 4.96 Å². The normalized spacial score (nSPS) is 16.3. The van der Waals surface area contributed by atoms with Gasteiger partial charge in [-0.15, -0.1) is 11.3 Å². The first-order valence-corrected chi connectivity index (χ1v) is 11.9. The summed E-state index contributed by atoms with van der Waals surface area (Å²) >= 11 is 1.44. The molecule has 1 fully saturated rings. The Bertz CT molecular complexity index is 1130. The Balaban J connectivity index is 1.55. The van der Waals surface area contributed by atoms with Crippen molar-refractivity contribution < 1.29 is 17.6 Å². The van der Waals surface area contributed by atoms with Crippen LogP contribution in [0.1, 0.15) is 19.8 Å². The highest BCUT2D eigenvalue weighted by molar-refractivity contribution is 7.89. The highest BCUT2D eigenvalue weighted by atomic mass is 32.2. The zero-order valence-electron chi connectivity index (χ0n) is 15.8. The number of fused-ring (bicyclic) bond motifs is 1. The number of hydrogen-bond donors (Lipinski definition) is 1. The molecule has 4 rings (SSSR count). The van der Waals surface area contributed by atoms with E-state index in [9.17, 15) is 17.6 Å². The monoisotopic (exact) mass is 436 g/mol. The lowest BCUT2D eigenvalue weighted by atomic mass is 9.97. The molecular formula is C19H21FN4O3S2. The number of thiazole rings is 1. The number of piperidine rings is 1. The van der Waals surface area contributed by atoms with Crippen molar-refractivity contribution in [1.82, 2.24) is 13.7 Å². The quantitative estimate of drug-likeness (QED) is 0.666. The number of nitrogens with one attached hydrogen (secondary N) is 1. The standard InChI is InChI=1S/C19H21FN4O3S2/c1-2-29(26,27)23-9-7-14(8-10-23)18(25)22-17-16(13-3-5-15(20)6-4-13)21-19-24(17)11-12-28-19/h3-6,11-12,14H,2,7-10H2,1H3,(H,22,25). The van der Waals surface area contributed by atoms with Crippen molar-refractivity contribution >= 4 is 38.0 Å². The van der Waals surface area contributed by atoms with Crippen LogP contribution >= 0.6 is 11.3 Å². The summed E-state index contributed by atoms with van der Waals surface area (Å²) in [7, 11) is -3.23. The number of carbonyl (C=O) groups excluding carboxylic acids is 1. The van der Waals surface area contributed by atoms with Gasteiger partial charge in [-0.3, -0.25) is 9.20 Å². The Morgan fingerprint density at radius 1 is 1.28 bits per heavy atom. The van der Waals surface area contributed by atoms with Crippen LogP contribution in [0.5, 0.6) is 0 Å². The summed E-state index contributed by atoms with van der Waals surface area (Å²) in [5, 5.41) is 4.85. The molecule has 1 aromatic carbocycles. The van der Waals surface area contributed by atoms with Crippen molar-refractivity contribution in [2.24, 2.45) is 5.92 Å². The average molecular weight is 437 g/mol. The fourth-order valence-corrected chi connectivity index (χ4v) is 5.36. The maximum absolute atomic E-state index is 13.3. The number of imidazole rings is 1. The zero-order valence-corrected chi connectivity index (χ0v) is 17.5. The van der Waals surface area contributed by atoms with E-state index in [1.807, 2.05) is 11.6 Å². The molecule has 0 aliphatic carbocycles. The van der Waals surface area contributed by atoms with E-state index in [1.54, 1.807) is 23.5 Å². The average Bonchev–Trinajstić information content (AvgIpc) is 3.31. The number of sulfonamides is 1. The number of halogens is 1. The lowest BCUT2D eigenvalue weighted by molar-refractivity contribution is -0.120. The number of hydrogen-bond acceptors (Lipinski definition) is 5. The van der Waals surface area contributed by atoms with Crippen LogP contribution < -0.4 is 5.32 Å². The van der Waals surface area contributed by atoms with Crippen LogP contribution in [0.4, 0.5) is 10.2 Å². The van der Waals surface area contributed by atoms with Gasteiger partial charge in [0.1, 0.15) is 17.3 Å².